The lowest BCUT2D eigenvalue weighted by molar-refractivity contribution is -0.142. The van der Waals surface area contributed by atoms with Crippen molar-refractivity contribution >= 4 is 35.0 Å². The van der Waals surface area contributed by atoms with Crippen LogP contribution in [0.5, 0.6) is 5.75 Å². The average Bonchev–Trinajstić information content (AvgIpc) is 2.73. The van der Waals surface area contributed by atoms with E-state index >= 15 is 0 Å². The quantitative estimate of drug-likeness (QED) is 0.545. The number of carbonyl (C=O) groups excluding carboxylic acids is 2. The maximum Gasteiger partial charge on any atom is 0.261 e. The fourth-order valence-electron chi connectivity index (χ4n) is 2.91. The predicted octanol–water partition coefficient (Wildman–Crippen LogP) is 5.32. The molecule has 0 fully saturated rings. The molecule has 0 spiro atoms. The van der Waals surface area contributed by atoms with E-state index < -0.39 is 6.04 Å². The number of halogens is 2. The van der Waals surface area contributed by atoms with Crippen LogP contribution < -0.4 is 10.1 Å². The lowest BCUT2D eigenvalue weighted by atomic mass is 10.1. The monoisotopic (exact) mass is 464 g/mol. The lowest BCUT2D eigenvalue weighted by Crippen LogP contribution is -2.50. The molecular weight excluding hydrogens is 435 g/mol. The fraction of sp³-hybridized carbons (Fsp3) is 0.417. The molecule has 0 radical (unpaired) electrons. The van der Waals surface area contributed by atoms with E-state index in [1.54, 1.807) is 25.1 Å². The van der Waals surface area contributed by atoms with Crippen molar-refractivity contribution in [2.45, 2.75) is 59.7 Å². The Labute approximate surface area is 194 Å². The number of hydrogen-bond donors (Lipinski definition) is 1. The highest BCUT2D eigenvalue weighted by Gasteiger charge is 2.27. The van der Waals surface area contributed by atoms with Crippen molar-refractivity contribution in [2.75, 3.05) is 6.61 Å². The Bertz CT molecular complexity index is 933. The number of ether oxygens (including phenoxy) is 1. The summed E-state index contributed by atoms with van der Waals surface area (Å²) in [5.41, 5.74) is 2.93. The Balaban J connectivity index is 2.21. The maximum absolute atomic E-state index is 13.1. The van der Waals surface area contributed by atoms with E-state index in [2.05, 4.69) is 5.32 Å². The summed E-state index contributed by atoms with van der Waals surface area (Å²) in [6, 6.07) is 10.1. The first-order valence-electron chi connectivity index (χ1n) is 10.4. The van der Waals surface area contributed by atoms with Crippen LogP contribution in [0.25, 0.3) is 0 Å². The van der Waals surface area contributed by atoms with Gasteiger partial charge in [0.25, 0.3) is 5.91 Å². The van der Waals surface area contributed by atoms with Crippen LogP contribution in [0, 0.1) is 13.8 Å². The number of amides is 2. The molecule has 0 saturated carbocycles. The molecule has 7 heteroatoms. The van der Waals surface area contributed by atoms with Gasteiger partial charge in [-0.1, -0.05) is 42.3 Å². The van der Waals surface area contributed by atoms with Crippen molar-refractivity contribution in [1.82, 2.24) is 10.2 Å². The standard InChI is InChI=1S/C24H30Cl2N2O3/c1-6-17(4)27-24(30)18(5)28(13-19-8-9-20(25)12-22(19)26)23(29)14-31-21-10-7-15(2)16(3)11-21/h7-12,17-18H,6,13-14H2,1-5H3,(H,27,30)/t17-,18-/m1/s1. The number of aryl methyl sites for hydroxylation is 2. The first kappa shape index (κ1) is 25.0. The number of carbonyl (C=O) groups is 2. The molecule has 2 amide bonds. The summed E-state index contributed by atoms with van der Waals surface area (Å²) in [4.78, 5) is 27.3. The van der Waals surface area contributed by atoms with Crippen molar-refractivity contribution in [3.63, 3.8) is 0 Å². The van der Waals surface area contributed by atoms with Crippen LogP contribution in [0.4, 0.5) is 0 Å². The summed E-state index contributed by atoms with van der Waals surface area (Å²) < 4.78 is 5.73. The number of hydrogen-bond acceptors (Lipinski definition) is 3. The van der Waals surface area contributed by atoms with Crippen LogP contribution >= 0.6 is 23.2 Å². The number of benzene rings is 2. The van der Waals surface area contributed by atoms with Crippen LogP contribution in [0.3, 0.4) is 0 Å². The summed E-state index contributed by atoms with van der Waals surface area (Å²) in [5.74, 6) is 0.0765. The lowest BCUT2D eigenvalue weighted by Gasteiger charge is -2.30. The van der Waals surface area contributed by atoms with E-state index in [1.807, 2.05) is 45.9 Å². The van der Waals surface area contributed by atoms with E-state index in [9.17, 15) is 9.59 Å². The molecule has 0 aromatic heterocycles. The van der Waals surface area contributed by atoms with Gasteiger partial charge in [-0.05, 0) is 75.1 Å². The minimum atomic E-state index is -0.698. The van der Waals surface area contributed by atoms with E-state index in [0.717, 1.165) is 17.5 Å². The highest BCUT2D eigenvalue weighted by atomic mass is 35.5. The molecule has 31 heavy (non-hydrogen) atoms. The average molecular weight is 465 g/mol. The van der Waals surface area contributed by atoms with E-state index in [0.29, 0.717) is 21.4 Å². The van der Waals surface area contributed by atoms with Crippen LogP contribution in [-0.2, 0) is 16.1 Å². The predicted molar refractivity (Wildman–Crippen MR) is 126 cm³/mol. The molecule has 1 N–H and O–H groups in total. The zero-order valence-electron chi connectivity index (χ0n) is 18.7. The molecule has 0 aliphatic rings. The molecule has 0 unspecified atom stereocenters. The molecule has 0 heterocycles. The largest absolute Gasteiger partial charge is 0.484 e. The fourth-order valence-corrected chi connectivity index (χ4v) is 3.38. The van der Waals surface area contributed by atoms with Crippen molar-refractivity contribution in [3.8, 4) is 5.75 Å². The van der Waals surface area contributed by atoms with Crippen molar-refractivity contribution in [2.24, 2.45) is 0 Å². The number of nitrogens with zero attached hydrogens (tertiary/aromatic N) is 1. The van der Waals surface area contributed by atoms with Crippen LogP contribution in [-0.4, -0.2) is 35.4 Å². The normalized spacial score (nSPS) is 12.7. The van der Waals surface area contributed by atoms with E-state index in [1.165, 1.54) is 4.90 Å². The maximum atomic E-state index is 13.1. The summed E-state index contributed by atoms with van der Waals surface area (Å²) in [5, 5.41) is 3.88. The highest BCUT2D eigenvalue weighted by molar-refractivity contribution is 6.35. The minimum Gasteiger partial charge on any atom is -0.484 e. The molecule has 2 aromatic rings. The highest BCUT2D eigenvalue weighted by Crippen LogP contribution is 2.23. The third-order valence-corrected chi connectivity index (χ3v) is 5.95. The molecule has 0 aliphatic carbocycles. The molecule has 0 aliphatic heterocycles. The summed E-state index contributed by atoms with van der Waals surface area (Å²) >= 11 is 12.3. The van der Waals surface area contributed by atoms with E-state index in [4.69, 9.17) is 27.9 Å². The molecule has 0 saturated heterocycles. The second-order valence-electron chi connectivity index (χ2n) is 7.79. The first-order chi connectivity index (χ1) is 14.6. The second-order valence-corrected chi connectivity index (χ2v) is 8.63. The Morgan fingerprint density at radius 2 is 1.77 bits per heavy atom. The summed E-state index contributed by atoms with van der Waals surface area (Å²) in [6.07, 6.45) is 0.797. The van der Waals surface area contributed by atoms with Gasteiger partial charge in [0.15, 0.2) is 6.61 Å². The van der Waals surface area contributed by atoms with Gasteiger partial charge in [0.1, 0.15) is 11.8 Å². The third kappa shape index (κ3) is 7.15. The summed E-state index contributed by atoms with van der Waals surface area (Å²) in [6.45, 7) is 9.60. The second kappa shape index (κ2) is 11.4. The van der Waals surface area contributed by atoms with Crippen molar-refractivity contribution < 1.29 is 14.3 Å². The summed E-state index contributed by atoms with van der Waals surface area (Å²) in [7, 11) is 0. The SMILES string of the molecule is CC[C@@H](C)NC(=O)[C@@H](C)N(Cc1ccc(Cl)cc1Cl)C(=O)COc1ccc(C)c(C)c1. The number of nitrogens with one attached hydrogen (secondary N) is 1. The van der Waals surface area contributed by atoms with Gasteiger partial charge in [-0.3, -0.25) is 9.59 Å². The van der Waals surface area contributed by atoms with Gasteiger partial charge >= 0.3 is 0 Å². The van der Waals surface area contributed by atoms with E-state index in [-0.39, 0.29) is 31.0 Å². The molecule has 2 atom stereocenters. The van der Waals surface area contributed by atoms with Crippen LogP contribution in [0.15, 0.2) is 36.4 Å². The molecule has 5 nitrogen and oxygen atoms in total. The first-order valence-corrected chi connectivity index (χ1v) is 11.1. The van der Waals surface area contributed by atoms with Gasteiger partial charge in [0, 0.05) is 22.6 Å². The Morgan fingerprint density at radius 3 is 2.39 bits per heavy atom. The Hall–Kier alpha value is -2.24. The Morgan fingerprint density at radius 1 is 1.06 bits per heavy atom. The number of rotatable bonds is 9. The molecule has 0 bridgehead atoms. The van der Waals surface area contributed by atoms with Crippen LogP contribution in [0.2, 0.25) is 10.0 Å². The van der Waals surface area contributed by atoms with Gasteiger partial charge in [0.2, 0.25) is 5.91 Å². The topological polar surface area (TPSA) is 58.6 Å². The molecule has 2 aromatic carbocycles. The Kier molecular flexibility index (Phi) is 9.20. The zero-order chi connectivity index (χ0) is 23.1. The van der Waals surface area contributed by atoms with Gasteiger partial charge in [0.05, 0.1) is 0 Å². The van der Waals surface area contributed by atoms with Crippen LogP contribution in [0.1, 0.15) is 43.9 Å². The van der Waals surface area contributed by atoms with Crippen molar-refractivity contribution in [1.29, 1.82) is 0 Å². The van der Waals surface area contributed by atoms with Crippen molar-refractivity contribution in [3.05, 3.63) is 63.1 Å². The van der Waals surface area contributed by atoms with Gasteiger partial charge in [-0.25, -0.2) is 0 Å². The zero-order valence-corrected chi connectivity index (χ0v) is 20.2. The van der Waals surface area contributed by atoms with Gasteiger partial charge in [-0.2, -0.15) is 0 Å². The molecular formula is C24H30Cl2N2O3. The third-order valence-electron chi connectivity index (χ3n) is 5.36. The smallest absolute Gasteiger partial charge is 0.261 e. The van der Waals surface area contributed by atoms with Gasteiger partial charge in [-0.15, -0.1) is 0 Å². The molecule has 168 valence electrons. The minimum absolute atomic E-state index is 0.0119. The molecule has 2 rings (SSSR count). The van der Waals surface area contributed by atoms with Gasteiger partial charge < -0.3 is 15.0 Å².